The zero-order valence-electron chi connectivity index (χ0n) is 12.1. The first-order valence-electron chi connectivity index (χ1n) is 7.18. The number of Topliss-reactive ketones (excluding diaryl/α,β-unsaturated/α-hetero) is 1. The van der Waals surface area contributed by atoms with Crippen LogP contribution in [0.15, 0.2) is 18.2 Å². The molecule has 1 saturated heterocycles. The van der Waals surface area contributed by atoms with Gasteiger partial charge >= 0.3 is 0 Å². The van der Waals surface area contributed by atoms with Crippen LogP contribution in [0.2, 0.25) is 0 Å². The van der Waals surface area contributed by atoms with Crippen LogP contribution < -0.4 is 5.32 Å². The number of carbonyl (C=O) groups is 1. The third-order valence-corrected chi connectivity index (χ3v) is 4.58. The molecule has 0 aliphatic carbocycles. The second-order valence-corrected chi connectivity index (χ2v) is 6.17. The molecule has 1 aliphatic rings. The summed E-state index contributed by atoms with van der Waals surface area (Å²) in [5.41, 5.74) is 1.69. The zero-order chi connectivity index (χ0) is 14.7. The molecular formula is C15H19N3O2S. The number of hydrogen-bond donors (Lipinski definition) is 1. The van der Waals surface area contributed by atoms with Crippen LogP contribution in [0.1, 0.15) is 17.3 Å². The molecule has 0 amide bonds. The van der Waals surface area contributed by atoms with Gasteiger partial charge in [0.1, 0.15) is 0 Å². The third-order valence-electron chi connectivity index (χ3n) is 3.60. The Balaban J connectivity index is 1.60. The Kier molecular flexibility index (Phi) is 4.48. The molecule has 0 radical (unpaired) electrons. The molecule has 0 bridgehead atoms. The molecule has 1 N–H and O–H groups in total. The summed E-state index contributed by atoms with van der Waals surface area (Å²) < 4.78 is 6.39. The molecule has 112 valence electrons. The quantitative estimate of drug-likeness (QED) is 0.859. The Labute approximate surface area is 127 Å². The topological polar surface area (TPSA) is 54.5 Å². The number of ether oxygens (including phenoxy) is 1. The molecule has 1 aromatic heterocycles. The van der Waals surface area contributed by atoms with Gasteiger partial charge in [-0.2, -0.15) is 0 Å². The van der Waals surface area contributed by atoms with Gasteiger partial charge in [-0.05, 0) is 25.1 Å². The van der Waals surface area contributed by atoms with Gasteiger partial charge < -0.3 is 10.1 Å². The lowest BCUT2D eigenvalue weighted by molar-refractivity contribution is 0.0398. The second-order valence-electron chi connectivity index (χ2n) is 5.14. The Morgan fingerprint density at radius 1 is 1.43 bits per heavy atom. The molecule has 1 fully saturated rings. The summed E-state index contributed by atoms with van der Waals surface area (Å²) in [5, 5.41) is 4.29. The predicted octanol–water partition coefficient (Wildman–Crippen LogP) is 2.24. The van der Waals surface area contributed by atoms with Crippen LogP contribution in [0.3, 0.4) is 0 Å². The minimum absolute atomic E-state index is 0.0899. The molecule has 2 heterocycles. The zero-order valence-corrected chi connectivity index (χ0v) is 12.9. The number of rotatable bonds is 5. The van der Waals surface area contributed by atoms with Crippen molar-refractivity contribution in [1.82, 2.24) is 9.88 Å². The van der Waals surface area contributed by atoms with Crippen molar-refractivity contribution in [3.63, 3.8) is 0 Å². The van der Waals surface area contributed by atoms with E-state index in [2.05, 4.69) is 15.2 Å². The summed E-state index contributed by atoms with van der Waals surface area (Å²) in [5.74, 6) is 0.0899. The van der Waals surface area contributed by atoms with Gasteiger partial charge in [-0.3, -0.25) is 9.69 Å². The summed E-state index contributed by atoms with van der Waals surface area (Å²) in [7, 11) is 0. The summed E-state index contributed by atoms with van der Waals surface area (Å²) in [6.07, 6.45) is 0. The highest BCUT2D eigenvalue weighted by Gasteiger charge is 2.10. The average Bonchev–Trinajstić information content (AvgIpc) is 2.90. The van der Waals surface area contributed by atoms with Crippen molar-refractivity contribution in [1.29, 1.82) is 0 Å². The largest absolute Gasteiger partial charge is 0.379 e. The summed E-state index contributed by atoms with van der Waals surface area (Å²) in [6, 6.07) is 5.67. The summed E-state index contributed by atoms with van der Waals surface area (Å²) in [4.78, 5) is 18.3. The van der Waals surface area contributed by atoms with Crippen molar-refractivity contribution < 1.29 is 9.53 Å². The fraction of sp³-hybridized carbons (Fsp3) is 0.467. The van der Waals surface area contributed by atoms with E-state index >= 15 is 0 Å². The molecule has 21 heavy (non-hydrogen) atoms. The van der Waals surface area contributed by atoms with Crippen molar-refractivity contribution >= 4 is 32.5 Å². The van der Waals surface area contributed by atoms with E-state index in [1.54, 1.807) is 18.3 Å². The standard InChI is InChI=1S/C15H19N3O2S/c1-11(19)12-2-3-13-14(10-12)21-15(17-13)16-4-5-18-6-8-20-9-7-18/h2-3,10H,4-9H2,1H3,(H,16,17). The molecule has 0 saturated carbocycles. The molecule has 3 rings (SSSR count). The molecule has 0 unspecified atom stereocenters. The molecule has 6 heteroatoms. The first-order valence-corrected chi connectivity index (χ1v) is 7.99. The SMILES string of the molecule is CC(=O)c1ccc2nc(NCCN3CCOCC3)sc2c1. The van der Waals surface area contributed by atoms with Gasteiger partial charge in [0, 0.05) is 31.7 Å². The van der Waals surface area contributed by atoms with Crippen LogP contribution in [0.4, 0.5) is 5.13 Å². The number of aromatic nitrogens is 1. The first kappa shape index (κ1) is 14.4. The Hall–Kier alpha value is -1.50. The van der Waals surface area contributed by atoms with Crippen molar-refractivity contribution in [3.8, 4) is 0 Å². The number of fused-ring (bicyclic) bond motifs is 1. The number of nitrogens with one attached hydrogen (secondary N) is 1. The van der Waals surface area contributed by atoms with Crippen LogP contribution in [0.25, 0.3) is 10.2 Å². The van der Waals surface area contributed by atoms with E-state index in [4.69, 9.17) is 4.74 Å². The normalized spacial score (nSPS) is 16.2. The second kappa shape index (κ2) is 6.51. The Bertz CT molecular complexity index is 635. The molecule has 1 aliphatic heterocycles. The van der Waals surface area contributed by atoms with Crippen molar-refractivity contribution in [2.75, 3.05) is 44.7 Å². The molecule has 0 atom stereocenters. The lowest BCUT2D eigenvalue weighted by Crippen LogP contribution is -2.38. The lowest BCUT2D eigenvalue weighted by Gasteiger charge is -2.26. The number of thiazole rings is 1. The first-order chi connectivity index (χ1) is 10.2. The number of hydrogen-bond acceptors (Lipinski definition) is 6. The van der Waals surface area contributed by atoms with Gasteiger partial charge in [-0.15, -0.1) is 0 Å². The van der Waals surface area contributed by atoms with Crippen LogP contribution in [0, 0.1) is 0 Å². The van der Waals surface area contributed by atoms with Gasteiger partial charge in [0.25, 0.3) is 0 Å². The number of morpholine rings is 1. The van der Waals surface area contributed by atoms with E-state index in [-0.39, 0.29) is 5.78 Å². The number of carbonyl (C=O) groups excluding carboxylic acids is 1. The fourth-order valence-corrected chi connectivity index (χ4v) is 3.30. The maximum absolute atomic E-state index is 11.4. The van der Waals surface area contributed by atoms with Crippen molar-refractivity contribution in [2.24, 2.45) is 0 Å². The highest BCUT2D eigenvalue weighted by molar-refractivity contribution is 7.22. The number of benzene rings is 1. The smallest absolute Gasteiger partial charge is 0.183 e. The van der Waals surface area contributed by atoms with E-state index in [0.717, 1.165) is 60.3 Å². The highest BCUT2D eigenvalue weighted by Crippen LogP contribution is 2.26. The molecule has 1 aromatic carbocycles. The van der Waals surface area contributed by atoms with Gasteiger partial charge in [0.2, 0.25) is 0 Å². The third kappa shape index (κ3) is 3.58. The van der Waals surface area contributed by atoms with Gasteiger partial charge in [0.15, 0.2) is 10.9 Å². The van der Waals surface area contributed by atoms with Gasteiger partial charge in [-0.1, -0.05) is 11.3 Å². The number of anilines is 1. The molecule has 2 aromatic rings. The minimum atomic E-state index is 0.0899. The maximum atomic E-state index is 11.4. The molecular weight excluding hydrogens is 286 g/mol. The van der Waals surface area contributed by atoms with Gasteiger partial charge in [0.05, 0.1) is 23.4 Å². The predicted molar refractivity (Wildman–Crippen MR) is 85.4 cm³/mol. The van der Waals surface area contributed by atoms with Crippen molar-refractivity contribution in [3.05, 3.63) is 23.8 Å². The Morgan fingerprint density at radius 2 is 2.24 bits per heavy atom. The van der Waals surface area contributed by atoms with Crippen LogP contribution in [0.5, 0.6) is 0 Å². The summed E-state index contributed by atoms with van der Waals surface area (Å²) >= 11 is 1.60. The van der Waals surface area contributed by atoms with E-state index < -0.39 is 0 Å². The Morgan fingerprint density at radius 3 is 3.00 bits per heavy atom. The van der Waals surface area contributed by atoms with E-state index in [9.17, 15) is 4.79 Å². The average molecular weight is 305 g/mol. The molecule has 0 spiro atoms. The molecule has 5 nitrogen and oxygen atoms in total. The van der Waals surface area contributed by atoms with Crippen LogP contribution in [-0.2, 0) is 4.74 Å². The lowest BCUT2D eigenvalue weighted by atomic mass is 10.1. The van der Waals surface area contributed by atoms with Crippen LogP contribution in [-0.4, -0.2) is 55.1 Å². The minimum Gasteiger partial charge on any atom is -0.379 e. The number of ketones is 1. The fourth-order valence-electron chi connectivity index (χ4n) is 2.36. The summed E-state index contributed by atoms with van der Waals surface area (Å²) in [6.45, 7) is 7.12. The van der Waals surface area contributed by atoms with Crippen LogP contribution >= 0.6 is 11.3 Å². The number of nitrogens with zero attached hydrogens (tertiary/aromatic N) is 2. The van der Waals surface area contributed by atoms with E-state index in [1.807, 2.05) is 18.2 Å². The maximum Gasteiger partial charge on any atom is 0.183 e. The van der Waals surface area contributed by atoms with Gasteiger partial charge in [-0.25, -0.2) is 4.98 Å². The van der Waals surface area contributed by atoms with E-state index in [0.29, 0.717) is 0 Å². The highest BCUT2D eigenvalue weighted by atomic mass is 32.1. The monoisotopic (exact) mass is 305 g/mol. The van der Waals surface area contributed by atoms with Crippen molar-refractivity contribution in [2.45, 2.75) is 6.92 Å². The van der Waals surface area contributed by atoms with E-state index in [1.165, 1.54) is 0 Å².